The van der Waals surface area contributed by atoms with E-state index in [9.17, 15) is 14.0 Å². The summed E-state index contributed by atoms with van der Waals surface area (Å²) in [5.41, 5.74) is 3.35. The molecule has 26 heavy (non-hydrogen) atoms. The predicted octanol–water partition coefficient (Wildman–Crippen LogP) is 4.37. The first-order valence-electron chi connectivity index (χ1n) is 8.66. The zero-order valence-electron chi connectivity index (χ0n) is 14.7. The van der Waals surface area contributed by atoms with Crippen molar-refractivity contribution in [1.82, 2.24) is 5.48 Å². The number of Topliss-reactive ketones (excluding diaryl/α,β-unsaturated/α-hetero) is 1. The first-order valence-corrected chi connectivity index (χ1v) is 10.0. The number of nitrogens with one attached hydrogen (secondary N) is 1. The van der Waals surface area contributed by atoms with E-state index in [0.29, 0.717) is 30.9 Å². The molecule has 0 fully saturated rings. The van der Waals surface area contributed by atoms with Gasteiger partial charge in [0.1, 0.15) is 12.1 Å². The van der Waals surface area contributed by atoms with Crippen LogP contribution in [0, 0.1) is 11.7 Å². The molecule has 142 valence electrons. The molecular formula is C19H23ClFNO3S. The maximum atomic E-state index is 13.2. The van der Waals surface area contributed by atoms with Gasteiger partial charge in [0.2, 0.25) is 0 Å². The molecule has 1 aromatic rings. The average molecular weight is 400 g/mol. The van der Waals surface area contributed by atoms with E-state index in [1.165, 1.54) is 6.07 Å². The van der Waals surface area contributed by atoms with Crippen molar-refractivity contribution in [3.63, 3.8) is 0 Å². The van der Waals surface area contributed by atoms with Crippen LogP contribution in [0.2, 0.25) is 5.02 Å². The van der Waals surface area contributed by atoms with Crippen LogP contribution >= 0.6 is 23.4 Å². The molecule has 0 saturated carbocycles. The van der Waals surface area contributed by atoms with Gasteiger partial charge in [-0.1, -0.05) is 17.7 Å². The molecule has 0 aromatic heterocycles. The van der Waals surface area contributed by atoms with Crippen LogP contribution in [0.15, 0.2) is 34.7 Å². The van der Waals surface area contributed by atoms with Gasteiger partial charge in [-0.15, -0.1) is 11.8 Å². The number of ketones is 1. The molecule has 0 aliphatic heterocycles. The van der Waals surface area contributed by atoms with Crippen LogP contribution in [0.1, 0.15) is 32.6 Å². The van der Waals surface area contributed by atoms with E-state index in [4.69, 9.17) is 16.4 Å². The first-order chi connectivity index (χ1) is 12.5. The van der Waals surface area contributed by atoms with Gasteiger partial charge in [-0.2, -0.15) is 5.48 Å². The summed E-state index contributed by atoms with van der Waals surface area (Å²) in [7, 11) is 0. The van der Waals surface area contributed by atoms with Crippen molar-refractivity contribution in [2.75, 3.05) is 12.4 Å². The molecule has 0 amide bonds. The Morgan fingerprint density at radius 3 is 2.96 bits per heavy atom. The standard InChI is InChI=1S/C19H23ClFNO3S/c1-2-25-22-15(12-23)10-14-4-3-13(9-19(14)24)7-8-26-16-5-6-18(21)17(20)11-16/h4-6,11-13,15,22H,2-3,7-10H2,1H3. The van der Waals surface area contributed by atoms with Gasteiger partial charge in [0, 0.05) is 11.3 Å². The van der Waals surface area contributed by atoms with Gasteiger partial charge in [-0.05, 0) is 61.6 Å². The smallest absolute Gasteiger partial charge is 0.158 e. The minimum atomic E-state index is -0.500. The summed E-state index contributed by atoms with van der Waals surface area (Å²) in [6.45, 7) is 2.28. The highest BCUT2D eigenvalue weighted by molar-refractivity contribution is 7.99. The van der Waals surface area contributed by atoms with Crippen molar-refractivity contribution >= 4 is 35.4 Å². The summed E-state index contributed by atoms with van der Waals surface area (Å²) in [5.74, 6) is 0.816. The number of carbonyl (C=O) groups is 2. The minimum absolute atomic E-state index is 0.0984. The molecule has 2 atom stereocenters. The number of carbonyl (C=O) groups excluding carboxylic acids is 2. The lowest BCUT2D eigenvalue weighted by molar-refractivity contribution is -0.117. The van der Waals surface area contributed by atoms with Crippen LogP contribution in [0.4, 0.5) is 4.39 Å². The van der Waals surface area contributed by atoms with Gasteiger partial charge >= 0.3 is 0 Å². The van der Waals surface area contributed by atoms with Crippen molar-refractivity contribution in [3.8, 4) is 0 Å². The van der Waals surface area contributed by atoms with Gasteiger partial charge < -0.3 is 9.63 Å². The van der Waals surface area contributed by atoms with E-state index in [2.05, 4.69) is 5.48 Å². The molecule has 2 unspecified atom stereocenters. The van der Waals surface area contributed by atoms with Crippen LogP contribution in [-0.2, 0) is 14.4 Å². The molecule has 1 aromatic carbocycles. The van der Waals surface area contributed by atoms with Gasteiger partial charge in [0.15, 0.2) is 5.78 Å². The minimum Gasteiger partial charge on any atom is -0.302 e. The zero-order valence-corrected chi connectivity index (χ0v) is 16.2. The fourth-order valence-corrected chi connectivity index (χ4v) is 4.07. The van der Waals surface area contributed by atoms with Crippen molar-refractivity contribution in [3.05, 3.63) is 40.7 Å². The molecule has 4 nitrogen and oxygen atoms in total. The summed E-state index contributed by atoms with van der Waals surface area (Å²) in [5, 5.41) is 0.126. The number of aldehydes is 1. The topological polar surface area (TPSA) is 55.4 Å². The second-order valence-electron chi connectivity index (χ2n) is 6.17. The SMILES string of the molecule is CCONC(C=O)CC1=CCC(CCSc2ccc(F)c(Cl)c2)CC1=O. The molecule has 1 N–H and O–H groups in total. The van der Waals surface area contributed by atoms with Crippen molar-refractivity contribution in [2.45, 2.75) is 43.5 Å². The normalized spacial score (nSPS) is 18.5. The van der Waals surface area contributed by atoms with Crippen LogP contribution in [0.25, 0.3) is 0 Å². The Morgan fingerprint density at radius 1 is 1.50 bits per heavy atom. The Bertz CT molecular complexity index is 668. The summed E-state index contributed by atoms with van der Waals surface area (Å²) in [4.78, 5) is 29.3. The van der Waals surface area contributed by atoms with E-state index >= 15 is 0 Å². The zero-order chi connectivity index (χ0) is 18.9. The first kappa shape index (κ1) is 21.1. The van der Waals surface area contributed by atoms with Crippen LogP contribution in [-0.4, -0.2) is 30.5 Å². The monoisotopic (exact) mass is 399 g/mol. The maximum Gasteiger partial charge on any atom is 0.158 e. The van der Waals surface area contributed by atoms with Crippen molar-refractivity contribution in [1.29, 1.82) is 0 Å². The Labute approximate surface area is 162 Å². The molecule has 0 spiro atoms. The third-order valence-corrected chi connectivity index (χ3v) is 5.52. The number of hydroxylamine groups is 1. The number of halogens is 2. The summed E-state index contributed by atoms with van der Waals surface area (Å²) in [6, 6.07) is 4.20. The van der Waals surface area contributed by atoms with E-state index in [1.54, 1.807) is 23.9 Å². The lowest BCUT2D eigenvalue weighted by Gasteiger charge is -2.22. The fourth-order valence-electron chi connectivity index (χ4n) is 2.77. The lowest BCUT2D eigenvalue weighted by atomic mass is 9.85. The molecule has 2 rings (SSSR count). The van der Waals surface area contributed by atoms with E-state index < -0.39 is 11.9 Å². The molecule has 0 bridgehead atoms. The van der Waals surface area contributed by atoms with Gasteiger partial charge in [0.05, 0.1) is 17.7 Å². The molecule has 0 saturated heterocycles. The summed E-state index contributed by atoms with van der Waals surface area (Å²) in [6.07, 6.45) is 5.28. The number of hydrogen-bond acceptors (Lipinski definition) is 5. The molecule has 7 heteroatoms. The Morgan fingerprint density at radius 2 is 2.31 bits per heavy atom. The second-order valence-corrected chi connectivity index (χ2v) is 7.74. The highest BCUT2D eigenvalue weighted by Crippen LogP contribution is 2.30. The highest BCUT2D eigenvalue weighted by Gasteiger charge is 2.23. The molecule has 0 radical (unpaired) electrons. The Kier molecular flexibility index (Phi) is 8.78. The Hall–Kier alpha value is -1.21. The fraction of sp³-hybridized carbons (Fsp3) is 0.474. The molecule has 1 aliphatic rings. The lowest BCUT2D eigenvalue weighted by Crippen LogP contribution is -2.32. The molecule has 1 aliphatic carbocycles. The number of rotatable bonds is 10. The number of thioether (sulfide) groups is 1. The molecular weight excluding hydrogens is 377 g/mol. The van der Waals surface area contributed by atoms with Gasteiger partial charge in [-0.25, -0.2) is 4.39 Å². The quantitative estimate of drug-likeness (QED) is 0.360. The number of hydrogen-bond donors (Lipinski definition) is 1. The summed E-state index contributed by atoms with van der Waals surface area (Å²) < 4.78 is 13.2. The van der Waals surface area contributed by atoms with E-state index in [0.717, 1.165) is 29.8 Å². The van der Waals surface area contributed by atoms with Gasteiger partial charge in [-0.3, -0.25) is 4.79 Å². The van der Waals surface area contributed by atoms with Gasteiger partial charge in [0.25, 0.3) is 0 Å². The Balaban J connectivity index is 1.79. The number of allylic oxidation sites excluding steroid dienone is 1. The largest absolute Gasteiger partial charge is 0.302 e. The van der Waals surface area contributed by atoms with Crippen LogP contribution < -0.4 is 5.48 Å². The van der Waals surface area contributed by atoms with Crippen molar-refractivity contribution in [2.24, 2.45) is 5.92 Å². The maximum absolute atomic E-state index is 13.2. The van der Waals surface area contributed by atoms with Crippen LogP contribution in [0.5, 0.6) is 0 Å². The molecule has 0 heterocycles. The van der Waals surface area contributed by atoms with Crippen molar-refractivity contribution < 1.29 is 18.8 Å². The van der Waals surface area contributed by atoms with E-state index in [1.807, 2.05) is 13.0 Å². The number of benzene rings is 1. The van der Waals surface area contributed by atoms with E-state index in [-0.39, 0.29) is 10.8 Å². The summed E-state index contributed by atoms with van der Waals surface area (Å²) >= 11 is 7.39. The second kappa shape index (κ2) is 10.8. The van der Waals surface area contributed by atoms with Crippen LogP contribution in [0.3, 0.4) is 0 Å². The third kappa shape index (κ3) is 6.50. The third-order valence-electron chi connectivity index (χ3n) is 4.20. The predicted molar refractivity (Wildman–Crippen MR) is 102 cm³/mol. The highest BCUT2D eigenvalue weighted by atomic mass is 35.5. The average Bonchev–Trinajstić information content (AvgIpc) is 2.63.